The predicted molar refractivity (Wildman–Crippen MR) is 80.4 cm³/mol. The fourth-order valence-electron chi connectivity index (χ4n) is 2.08. The highest BCUT2D eigenvalue weighted by Gasteiger charge is 2.05. The maximum atomic E-state index is 11.2. The molecule has 2 heterocycles. The summed E-state index contributed by atoms with van der Waals surface area (Å²) in [5.41, 5.74) is 2.61. The fourth-order valence-corrected chi connectivity index (χ4v) is 2.08. The van der Waals surface area contributed by atoms with Crippen molar-refractivity contribution in [2.45, 2.75) is 13.2 Å². The molecule has 0 saturated heterocycles. The highest BCUT2D eigenvalue weighted by atomic mass is 16.5. The second-order valence-electron chi connectivity index (χ2n) is 4.74. The molecule has 7 heteroatoms. The molecule has 0 aliphatic heterocycles. The van der Waals surface area contributed by atoms with Gasteiger partial charge in [-0.2, -0.15) is 0 Å². The summed E-state index contributed by atoms with van der Waals surface area (Å²) in [5, 5.41) is 6.31. The van der Waals surface area contributed by atoms with Crippen LogP contribution in [0.1, 0.15) is 11.4 Å². The number of rotatable bonds is 5. The molecule has 1 aromatic carbocycles. The van der Waals surface area contributed by atoms with Crippen LogP contribution in [0.25, 0.3) is 10.9 Å². The van der Waals surface area contributed by atoms with Crippen LogP contribution < -0.4 is 15.4 Å². The van der Waals surface area contributed by atoms with E-state index in [0.29, 0.717) is 13.2 Å². The van der Waals surface area contributed by atoms with Crippen LogP contribution in [-0.2, 0) is 13.2 Å². The Hall–Kier alpha value is -2.96. The number of ether oxygens (including phenoxy) is 1. The largest absolute Gasteiger partial charge is 0.487 e. The summed E-state index contributed by atoms with van der Waals surface area (Å²) in [6.45, 7) is 0.789. The van der Waals surface area contributed by atoms with Gasteiger partial charge in [-0.1, -0.05) is 0 Å². The Kier molecular flexibility index (Phi) is 3.95. The summed E-state index contributed by atoms with van der Waals surface area (Å²) in [4.78, 5) is 18.4. The number of aromatic amines is 1. The minimum absolute atomic E-state index is 0.213. The molecule has 0 saturated carbocycles. The quantitative estimate of drug-likeness (QED) is 0.673. The SMILES string of the molecule is CNC(=O)NCc1cc2ccc(OCc3cocn3)cc2[nH]1. The summed E-state index contributed by atoms with van der Waals surface area (Å²) in [6, 6.07) is 7.56. The molecule has 114 valence electrons. The molecule has 0 unspecified atom stereocenters. The Morgan fingerprint density at radius 3 is 3.09 bits per heavy atom. The normalized spacial score (nSPS) is 10.6. The van der Waals surface area contributed by atoms with Crippen molar-refractivity contribution in [3.8, 4) is 5.75 Å². The first kappa shape index (κ1) is 14.0. The van der Waals surface area contributed by atoms with Crippen molar-refractivity contribution in [3.05, 3.63) is 48.3 Å². The first-order valence-electron chi connectivity index (χ1n) is 6.81. The predicted octanol–water partition coefficient (Wildman–Crippen LogP) is 2.16. The van der Waals surface area contributed by atoms with Crippen molar-refractivity contribution < 1.29 is 13.9 Å². The molecular weight excluding hydrogens is 284 g/mol. The number of carbonyl (C=O) groups is 1. The van der Waals surface area contributed by atoms with Gasteiger partial charge in [0.25, 0.3) is 0 Å². The number of fused-ring (bicyclic) bond motifs is 1. The van der Waals surface area contributed by atoms with E-state index in [2.05, 4.69) is 20.6 Å². The van der Waals surface area contributed by atoms with Crippen LogP contribution in [-0.4, -0.2) is 23.0 Å². The van der Waals surface area contributed by atoms with Crippen LogP contribution in [0.5, 0.6) is 5.75 Å². The second kappa shape index (κ2) is 6.21. The number of amides is 2. The summed E-state index contributed by atoms with van der Waals surface area (Å²) >= 11 is 0. The molecule has 3 rings (SSSR count). The van der Waals surface area contributed by atoms with Gasteiger partial charge in [0, 0.05) is 24.3 Å². The standard InChI is InChI=1S/C15H16N4O3/c1-16-15(20)17-6-11-4-10-2-3-13(5-14(10)19-11)22-8-12-7-21-9-18-12/h2-5,7,9,19H,6,8H2,1H3,(H2,16,17,20). The number of hydrogen-bond donors (Lipinski definition) is 3. The molecule has 2 amide bonds. The molecule has 22 heavy (non-hydrogen) atoms. The highest BCUT2D eigenvalue weighted by molar-refractivity contribution is 5.82. The van der Waals surface area contributed by atoms with Gasteiger partial charge in [0.15, 0.2) is 6.39 Å². The van der Waals surface area contributed by atoms with Gasteiger partial charge in [-0.15, -0.1) is 0 Å². The van der Waals surface area contributed by atoms with E-state index in [-0.39, 0.29) is 6.03 Å². The van der Waals surface area contributed by atoms with Gasteiger partial charge in [-0.05, 0) is 23.6 Å². The van der Waals surface area contributed by atoms with Crippen molar-refractivity contribution in [1.29, 1.82) is 0 Å². The number of oxazole rings is 1. The van der Waals surface area contributed by atoms with E-state index in [0.717, 1.165) is 28.0 Å². The Bertz CT molecular complexity index is 764. The maximum Gasteiger partial charge on any atom is 0.314 e. The first-order valence-corrected chi connectivity index (χ1v) is 6.81. The Labute approximate surface area is 126 Å². The van der Waals surface area contributed by atoms with Crippen LogP contribution in [0.3, 0.4) is 0 Å². The van der Waals surface area contributed by atoms with Crippen LogP contribution in [0.15, 0.2) is 41.3 Å². The van der Waals surface area contributed by atoms with E-state index in [1.54, 1.807) is 13.3 Å². The lowest BCUT2D eigenvalue weighted by molar-refractivity contribution is 0.242. The number of hydrogen-bond acceptors (Lipinski definition) is 4. The maximum absolute atomic E-state index is 11.2. The fraction of sp³-hybridized carbons (Fsp3) is 0.200. The zero-order valence-corrected chi connectivity index (χ0v) is 12.1. The molecule has 0 aliphatic carbocycles. The van der Waals surface area contributed by atoms with E-state index in [1.165, 1.54) is 6.39 Å². The van der Waals surface area contributed by atoms with Crippen LogP contribution >= 0.6 is 0 Å². The summed E-state index contributed by atoms with van der Waals surface area (Å²) in [6.07, 6.45) is 2.92. The number of aromatic nitrogens is 2. The van der Waals surface area contributed by atoms with E-state index in [4.69, 9.17) is 9.15 Å². The van der Waals surface area contributed by atoms with Gasteiger partial charge < -0.3 is 24.8 Å². The summed E-state index contributed by atoms with van der Waals surface area (Å²) in [7, 11) is 1.58. The lowest BCUT2D eigenvalue weighted by atomic mass is 10.2. The molecule has 0 radical (unpaired) electrons. The third-order valence-electron chi connectivity index (χ3n) is 3.19. The van der Waals surface area contributed by atoms with Gasteiger partial charge in [0.1, 0.15) is 24.3 Å². The molecular formula is C15H16N4O3. The number of carbonyl (C=O) groups excluding carboxylic acids is 1. The molecule has 3 aromatic rings. The topological polar surface area (TPSA) is 92.2 Å². The van der Waals surface area contributed by atoms with Crippen LogP contribution in [0.2, 0.25) is 0 Å². The van der Waals surface area contributed by atoms with Crippen molar-refractivity contribution >= 4 is 16.9 Å². The molecule has 0 atom stereocenters. The molecule has 0 bridgehead atoms. The average molecular weight is 300 g/mol. The average Bonchev–Trinajstić information content (AvgIpc) is 3.18. The lowest BCUT2D eigenvalue weighted by Gasteiger charge is -2.03. The Balaban J connectivity index is 1.68. The van der Waals surface area contributed by atoms with Gasteiger partial charge in [0.05, 0.1) is 6.54 Å². The second-order valence-corrected chi connectivity index (χ2v) is 4.74. The third-order valence-corrected chi connectivity index (χ3v) is 3.19. The monoisotopic (exact) mass is 300 g/mol. The Morgan fingerprint density at radius 1 is 1.41 bits per heavy atom. The third kappa shape index (κ3) is 3.20. The summed E-state index contributed by atoms with van der Waals surface area (Å²) < 4.78 is 10.6. The molecule has 7 nitrogen and oxygen atoms in total. The molecule has 0 spiro atoms. The van der Waals surface area contributed by atoms with Crippen molar-refractivity contribution in [3.63, 3.8) is 0 Å². The van der Waals surface area contributed by atoms with E-state index in [1.807, 2.05) is 24.3 Å². The van der Waals surface area contributed by atoms with E-state index < -0.39 is 0 Å². The van der Waals surface area contributed by atoms with Gasteiger partial charge in [-0.25, -0.2) is 9.78 Å². The minimum atomic E-state index is -0.213. The number of benzene rings is 1. The Morgan fingerprint density at radius 2 is 2.32 bits per heavy atom. The van der Waals surface area contributed by atoms with Crippen LogP contribution in [0.4, 0.5) is 4.79 Å². The van der Waals surface area contributed by atoms with Gasteiger partial charge in [0.2, 0.25) is 0 Å². The first-order chi connectivity index (χ1) is 10.7. The number of nitrogens with one attached hydrogen (secondary N) is 3. The van der Waals surface area contributed by atoms with E-state index in [9.17, 15) is 4.79 Å². The molecule has 2 aromatic heterocycles. The van der Waals surface area contributed by atoms with Crippen molar-refractivity contribution in [2.24, 2.45) is 0 Å². The van der Waals surface area contributed by atoms with Crippen LogP contribution in [0, 0.1) is 0 Å². The molecule has 0 aliphatic rings. The lowest BCUT2D eigenvalue weighted by Crippen LogP contribution is -2.32. The molecule has 0 fully saturated rings. The zero-order chi connectivity index (χ0) is 15.4. The summed E-state index contributed by atoms with van der Waals surface area (Å²) in [5.74, 6) is 0.739. The smallest absolute Gasteiger partial charge is 0.314 e. The van der Waals surface area contributed by atoms with Gasteiger partial charge in [-0.3, -0.25) is 0 Å². The van der Waals surface area contributed by atoms with Crippen molar-refractivity contribution in [1.82, 2.24) is 20.6 Å². The number of nitrogens with zero attached hydrogens (tertiary/aromatic N) is 1. The van der Waals surface area contributed by atoms with Crippen molar-refractivity contribution in [2.75, 3.05) is 7.05 Å². The zero-order valence-electron chi connectivity index (χ0n) is 12.1. The minimum Gasteiger partial charge on any atom is -0.487 e. The molecule has 3 N–H and O–H groups in total. The number of urea groups is 1. The van der Waals surface area contributed by atoms with E-state index >= 15 is 0 Å². The highest BCUT2D eigenvalue weighted by Crippen LogP contribution is 2.22. The van der Waals surface area contributed by atoms with Gasteiger partial charge >= 0.3 is 6.03 Å². The number of H-pyrrole nitrogens is 1.